The summed E-state index contributed by atoms with van der Waals surface area (Å²) in [6.45, 7) is 4.70. The minimum atomic E-state index is -4.30. The van der Waals surface area contributed by atoms with Gasteiger partial charge in [-0.3, -0.25) is 13.8 Å². The highest BCUT2D eigenvalue weighted by molar-refractivity contribution is 7.47. The van der Waals surface area contributed by atoms with Crippen molar-refractivity contribution in [3.8, 4) is 0 Å². The standard InChI is InChI=1S/C52H97N2O6P/c1-6-8-10-12-14-15-16-17-18-19-20-21-22-23-24-25-26-27-28-29-30-31-32-33-34-35-36-37-38-39-40-42-44-46-52(56)53-50(51(55)45-43-41-13-11-9-7-2)49-60-61(57,58)59-48-47-54(3,4)5/h8,10,14-15,17-18,20-21,23-24,50-51,55H,6-7,9,11-13,16,19,22,25-49H2,1-5H3,(H-,53,56,57,58)/p+1/b10-8-,15-14-,18-17-,21-20-,24-23-. The molecule has 0 aliphatic rings. The summed E-state index contributed by atoms with van der Waals surface area (Å²) >= 11 is 0. The number of phosphoric acid groups is 1. The average molecular weight is 878 g/mol. The van der Waals surface area contributed by atoms with Crippen molar-refractivity contribution in [3.63, 3.8) is 0 Å². The lowest BCUT2D eigenvalue weighted by Crippen LogP contribution is -2.46. The fraction of sp³-hybridized carbons (Fsp3) is 0.788. The van der Waals surface area contributed by atoms with Crippen LogP contribution in [0, 0.1) is 0 Å². The summed E-state index contributed by atoms with van der Waals surface area (Å²) in [6, 6.07) is -0.757. The Kier molecular flexibility index (Phi) is 42.2. The first-order chi connectivity index (χ1) is 29.5. The molecule has 1 amide bonds. The maximum absolute atomic E-state index is 12.8. The number of hydrogen-bond acceptors (Lipinski definition) is 5. The van der Waals surface area contributed by atoms with Crippen LogP contribution in [0.2, 0.25) is 0 Å². The van der Waals surface area contributed by atoms with E-state index < -0.39 is 20.0 Å². The molecule has 0 aliphatic carbocycles. The Bertz CT molecular complexity index is 1180. The summed E-state index contributed by atoms with van der Waals surface area (Å²) in [7, 11) is 1.61. The van der Waals surface area contributed by atoms with Gasteiger partial charge in [-0.05, 0) is 57.8 Å². The normalized spacial score (nSPS) is 14.7. The van der Waals surface area contributed by atoms with E-state index in [4.69, 9.17) is 9.05 Å². The number of likely N-dealkylation sites (N-methyl/N-ethyl adjacent to an activating group) is 1. The van der Waals surface area contributed by atoms with Crippen LogP contribution in [-0.4, -0.2) is 73.4 Å². The topological polar surface area (TPSA) is 105 Å². The Morgan fingerprint density at radius 1 is 0.574 bits per heavy atom. The molecule has 0 bridgehead atoms. The zero-order valence-corrected chi connectivity index (χ0v) is 41.3. The molecule has 8 nitrogen and oxygen atoms in total. The van der Waals surface area contributed by atoms with Crippen LogP contribution in [0.1, 0.15) is 213 Å². The molecule has 3 atom stereocenters. The second-order valence-corrected chi connectivity index (χ2v) is 19.6. The molecule has 3 unspecified atom stereocenters. The Labute approximate surface area is 377 Å². The molecule has 0 aliphatic heterocycles. The van der Waals surface area contributed by atoms with Gasteiger partial charge in [0.25, 0.3) is 0 Å². The molecule has 0 saturated carbocycles. The molecular weight excluding hydrogens is 780 g/mol. The first-order valence-electron chi connectivity index (χ1n) is 25.2. The summed E-state index contributed by atoms with van der Waals surface area (Å²) in [5.74, 6) is -0.151. The SMILES string of the molecule is CC/C=C\C/C=C\C/C=C\C/C=C\C/C=C\CCCCCCCCCCCCCCCCCCCC(=O)NC(COP(=O)(O)OCC[N+](C)(C)C)C(O)CCCCCCCC. The van der Waals surface area contributed by atoms with Crippen molar-refractivity contribution >= 4 is 13.7 Å². The Morgan fingerprint density at radius 3 is 1.44 bits per heavy atom. The Morgan fingerprint density at radius 2 is 0.984 bits per heavy atom. The number of nitrogens with zero attached hydrogens (tertiary/aromatic N) is 1. The van der Waals surface area contributed by atoms with Gasteiger partial charge in [-0.1, -0.05) is 209 Å². The third-order valence-electron chi connectivity index (χ3n) is 11.0. The predicted octanol–water partition coefficient (Wildman–Crippen LogP) is 14.6. The summed E-state index contributed by atoms with van der Waals surface area (Å²) in [6.07, 6.45) is 57.4. The minimum absolute atomic E-state index is 0.0733. The molecule has 0 radical (unpaired) electrons. The fourth-order valence-corrected chi connectivity index (χ4v) is 7.81. The van der Waals surface area contributed by atoms with E-state index in [1.54, 1.807) is 0 Å². The number of amides is 1. The number of carbonyl (C=O) groups excluding carboxylic acids is 1. The van der Waals surface area contributed by atoms with Gasteiger partial charge in [-0.2, -0.15) is 0 Å². The van der Waals surface area contributed by atoms with Gasteiger partial charge in [-0.25, -0.2) is 4.57 Å². The van der Waals surface area contributed by atoms with E-state index in [1.807, 2.05) is 21.1 Å². The van der Waals surface area contributed by atoms with E-state index in [0.29, 0.717) is 23.9 Å². The molecule has 356 valence electrons. The predicted molar refractivity (Wildman–Crippen MR) is 263 cm³/mol. The first kappa shape index (κ1) is 59.2. The third-order valence-corrected chi connectivity index (χ3v) is 12.0. The number of aliphatic hydroxyl groups is 1. The lowest BCUT2D eigenvalue weighted by molar-refractivity contribution is -0.870. The molecule has 0 spiro atoms. The smallest absolute Gasteiger partial charge is 0.391 e. The summed E-state index contributed by atoms with van der Waals surface area (Å²) in [5, 5.41) is 13.8. The van der Waals surface area contributed by atoms with Gasteiger partial charge in [-0.15, -0.1) is 0 Å². The van der Waals surface area contributed by atoms with Crippen LogP contribution in [0.5, 0.6) is 0 Å². The number of hydrogen-bond donors (Lipinski definition) is 3. The molecule has 0 aromatic rings. The van der Waals surface area contributed by atoms with Crippen molar-refractivity contribution in [2.45, 2.75) is 225 Å². The number of rotatable bonds is 45. The van der Waals surface area contributed by atoms with Gasteiger partial charge in [0.15, 0.2) is 0 Å². The number of nitrogens with one attached hydrogen (secondary N) is 1. The van der Waals surface area contributed by atoms with E-state index in [1.165, 1.54) is 116 Å². The molecule has 0 fully saturated rings. The van der Waals surface area contributed by atoms with E-state index >= 15 is 0 Å². The maximum atomic E-state index is 12.8. The quantitative estimate of drug-likeness (QED) is 0.0244. The van der Waals surface area contributed by atoms with E-state index in [9.17, 15) is 19.4 Å². The lowest BCUT2D eigenvalue weighted by Gasteiger charge is -2.26. The molecular formula is C52H98N2O6P+. The highest BCUT2D eigenvalue weighted by atomic mass is 31.2. The maximum Gasteiger partial charge on any atom is 0.472 e. The van der Waals surface area contributed by atoms with E-state index in [2.05, 4.69) is 79.9 Å². The number of unbranched alkanes of at least 4 members (excludes halogenated alkanes) is 22. The number of aliphatic hydroxyl groups excluding tert-OH is 1. The van der Waals surface area contributed by atoms with Gasteiger partial charge in [0.05, 0.1) is 39.9 Å². The molecule has 0 saturated heterocycles. The van der Waals surface area contributed by atoms with Crippen LogP contribution in [0.3, 0.4) is 0 Å². The number of carbonyl (C=O) groups is 1. The van der Waals surface area contributed by atoms with Crippen LogP contribution in [-0.2, 0) is 18.4 Å². The molecule has 9 heteroatoms. The molecule has 0 aromatic heterocycles. The third kappa shape index (κ3) is 46.0. The highest BCUT2D eigenvalue weighted by Crippen LogP contribution is 2.43. The summed E-state index contributed by atoms with van der Waals surface area (Å²) in [5.41, 5.74) is 0. The van der Waals surface area contributed by atoms with Crippen molar-refractivity contribution in [2.75, 3.05) is 40.9 Å². The van der Waals surface area contributed by atoms with Crippen molar-refractivity contribution in [3.05, 3.63) is 60.8 Å². The lowest BCUT2D eigenvalue weighted by atomic mass is 10.0. The van der Waals surface area contributed by atoms with Crippen molar-refractivity contribution in [1.82, 2.24) is 5.32 Å². The van der Waals surface area contributed by atoms with Crippen LogP contribution in [0.25, 0.3) is 0 Å². The van der Waals surface area contributed by atoms with Crippen molar-refractivity contribution in [2.24, 2.45) is 0 Å². The van der Waals surface area contributed by atoms with Crippen LogP contribution < -0.4 is 5.32 Å². The molecule has 0 rings (SSSR count). The molecule has 0 heterocycles. The van der Waals surface area contributed by atoms with Gasteiger partial charge in [0.1, 0.15) is 13.2 Å². The molecule has 0 aromatic carbocycles. The zero-order chi connectivity index (χ0) is 45.0. The number of allylic oxidation sites excluding steroid dienone is 10. The monoisotopic (exact) mass is 878 g/mol. The van der Waals surface area contributed by atoms with Gasteiger partial charge < -0.3 is 19.8 Å². The second kappa shape index (κ2) is 43.5. The second-order valence-electron chi connectivity index (χ2n) is 18.2. The Balaban J connectivity index is 3.87. The Hall–Kier alpha value is -1.80. The summed E-state index contributed by atoms with van der Waals surface area (Å²) < 4.78 is 23.5. The van der Waals surface area contributed by atoms with Crippen molar-refractivity contribution in [1.29, 1.82) is 0 Å². The van der Waals surface area contributed by atoms with Gasteiger partial charge >= 0.3 is 7.82 Å². The fourth-order valence-electron chi connectivity index (χ4n) is 7.07. The largest absolute Gasteiger partial charge is 0.472 e. The molecule has 3 N–H and O–H groups in total. The minimum Gasteiger partial charge on any atom is -0.391 e. The summed E-state index contributed by atoms with van der Waals surface area (Å²) in [4.78, 5) is 23.0. The highest BCUT2D eigenvalue weighted by Gasteiger charge is 2.28. The van der Waals surface area contributed by atoms with Crippen LogP contribution in [0.15, 0.2) is 60.8 Å². The van der Waals surface area contributed by atoms with Crippen LogP contribution in [0.4, 0.5) is 0 Å². The van der Waals surface area contributed by atoms with Crippen LogP contribution >= 0.6 is 7.82 Å². The van der Waals surface area contributed by atoms with E-state index in [0.717, 1.165) is 70.6 Å². The van der Waals surface area contributed by atoms with Gasteiger partial charge in [0.2, 0.25) is 5.91 Å². The average Bonchev–Trinajstić information content (AvgIpc) is 3.21. The number of phosphoric ester groups is 1. The zero-order valence-electron chi connectivity index (χ0n) is 40.4. The molecule has 61 heavy (non-hydrogen) atoms. The van der Waals surface area contributed by atoms with E-state index in [-0.39, 0.29) is 19.1 Å². The first-order valence-corrected chi connectivity index (χ1v) is 26.6. The van der Waals surface area contributed by atoms with Gasteiger partial charge in [0, 0.05) is 6.42 Å². The number of quaternary nitrogens is 1. The van der Waals surface area contributed by atoms with Crippen molar-refractivity contribution < 1.29 is 32.9 Å².